The summed E-state index contributed by atoms with van der Waals surface area (Å²) >= 11 is 1.41. The number of hydrogen-bond donors (Lipinski definition) is 1. The Morgan fingerprint density at radius 2 is 1.95 bits per heavy atom. The van der Waals surface area contributed by atoms with E-state index in [1.54, 1.807) is 0 Å². The van der Waals surface area contributed by atoms with Gasteiger partial charge < -0.3 is 10.1 Å². The minimum absolute atomic E-state index is 0.117. The van der Waals surface area contributed by atoms with Gasteiger partial charge in [0.2, 0.25) is 0 Å². The van der Waals surface area contributed by atoms with Crippen molar-refractivity contribution in [3.63, 3.8) is 0 Å². The molecule has 5 heteroatoms. The van der Waals surface area contributed by atoms with Crippen molar-refractivity contribution >= 4 is 22.9 Å². The average molecular weight is 304 g/mol. The van der Waals surface area contributed by atoms with E-state index in [0.717, 1.165) is 22.1 Å². The number of thiazole rings is 1. The number of carbonyl (C=O) groups excluding carboxylic acids is 1. The zero-order chi connectivity index (χ0) is 15.4. The number of nitrogens with zero attached hydrogens (tertiary/aromatic N) is 1. The van der Waals surface area contributed by atoms with E-state index in [2.05, 4.69) is 24.1 Å². The van der Waals surface area contributed by atoms with Crippen LogP contribution in [0.1, 0.15) is 34.2 Å². The predicted octanol–water partition coefficient (Wildman–Crippen LogP) is 4.05. The van der Waals surface area contributed by atoms with Gasteiger partial charge in [-0.3, -0.25) is 4.79 Å². The smallest absolute Gasteiger partial charge is 0.267 e. The molecule has 0 unspecified atom stereocenters. The lowest BCUT2D eigenvalue weighted by atomic mass is 10.2. The lowest BCUT2D eigenvalue weighted by Gasteiger charge is -2.09. The number of amides is 1. The molecule has 0 aliphatic carbocycles. The molecule has 0 atom stereocenters. The van der Waals surface area contributed by atoms with Crippen molar-refractivity contribution in [1.29, 1.82) is 0 Å². The van der Waals surface area contributed by atoms with Crippen LogP contribution in [0, 0.1) is 19.8 Å². The van der Waals surface area contributed by atoms with E-state index in [1.807, 2.05) is 38.1 Å². The summed E-state index contributed by atoms with van der Waals surface area (Å²) in [5.74, 6) is 1.18. The van der Waals surface area contributed by atoms with Gasteiger partial charge in [-0.2, -0.15) is 0 Å². The van der Waals surface area contributed by atoms with Crippen LogP contribution in [-0.2, 0) is 0 Å². The summed E-state index contributed by atoms with van der Waals surface area (Å²) in [6, 6.07) is 7.42. The van der Waals surface area contributed by atoms with E-state index >= 15 is 0 Å². The second-order valence-electron chi connectivity index (χ2n) is 5.33. The van der Waals surface area contributed by atoms with Crippen LogP contribution >= 0.6 is 11.3 Å². The molecule has 0 fully saturated rings. The van der Waals surface area contributed by atoms with Crippen LogP contribution in [0.3, 0.4) is 0 Å². The van der Waals surface area contributed by atoms with Crippen LogP contribution in [0.5, 0.6) is 5.75 Å². The Balaban J connectivity index is 2.00. The second-order valence-corrected chi connectivity index (χ2v) is 6.53. The highest BCUT2D eigenvalue weighted by atomic mass is 32.1. The Morgan fingerprint density at radius 3 is 2.48 bits per heavy atom. The number of aryl methyl sites for hydroxylation is 2. The number of nitrogens with one attached hydrogen (secondary N) is 1. The number of hydrogen-bond acceptors (Lipinski definition) is 4. The van der Waals surface area contributed by atoms with Gasteiger partial charge in [0.25, 0.3) is 5.91 Å². The number of benzene rings is 1. The first-order valence-electron chi connectivity index (χ1n) is 6.94. The third kappa shape index (κ3) is 4.29. The summed E-state index contributed by atoms with van der Waals surface area (Å²) < 4.78 is 5.61. The van der Waals surface area contributed by atoms with Gasteiger partial charge in [0.1, 0.15) is 10.6 Å². The normalized spacial score (nSPS) is 10.7. The first-order valence-corrected chi connectivity index (χ1v) is 7.75. The van der Waals surface area contributed by atoms with Gasteiger partial charge in [0, 0.05) is 5.69 Å². The number of carbonyl (C=O) groups is 1. The Labute approximate surface area is 129 Å². The summed E-state index contributed by atoms with van der Waals surface area (Å²) in [5, 5.41) is 3.78. The van der Waals surface area contributed by atoms with Crippen molar-refractivity contribution in [3.8, 4) is 5.75 Å². The quantitative estimate of drug-likeness (QED) is 0.906. The van der Waals surface area contributed by atoms with Crippen LogP contribution in [0.4, 0.5) is 5.69 Å². The van der Waals surface area contributed by atoms with Gasteiger partial charge >= 0.3 is 0 Å². The fourth-order valence-electron chi connectivity index (χ4n) is 1.83. The minimum Gasteiger partial charge on any atom is -0.493 e. The zero-order valence-corrected chi connectivity index (χ0v) is 13.6. The van der Waals surface area contributed by atoms with Gasteiger partial charge in [0.15, 0.2) is 0 Å². The standard InChI is InChI=1S/C16H20N2O2S/c1-10(2)9-20-14-7-5-13(6-8-14)18-16(19)15-11(3)17-12(4)21-15/h5-8,10H,9H2,1-4H3,(H,18,19). The van der Waals surface area contributed by atoms with Crippen molar-refractivity contribution < 1.29 is 9.53 Å². The molecule has 0 bridgehead atoms. The molecule has 0 spiro atoms. The van der Waals surface area contributed by atoms with Crippen LogP contribution in [0.2, 0.25) is 0 Å². The topological polar surface area (TPSA) is 51.2 Å². The van der Waals surface area contributed by atoms with Crippen molar-refractivity contribution in [3.05, 3.63) is 39.8 Å². The Bertz CT molecular complexity index is 618. The highest BCUT2D eigenvalue weighted by Gasteiger charge is 2.13. The maximum Gasteiger partial charge on any atom is 0.267 e. The van der Waals surface area contributed by atoms with Crippen LogP contribution < -0.4 is 10.1 Å². The third-order valence-electron chi connectivity index (χ3n) is 2.81. The summed E-state index contributed by atoms with van der Waals surface area (Å²) in [5.41, 5.74) is 1.52. The Kier molecular flexibility index (Phi) is 4.96. The Morgan fingerprint density at radius 1 is 1.29 bits per heavy atom. The van der Waals surface area contributed by atoms with Crippen molar-refractivity contribution in [2.45, 2.75) is 27.7 Å². The molecule has 1 amide bonds. The SMILES string of the molecule is Cc1nc(C)c(C(=O)Nc2ccc(OCC(C)C)cc2)s1. The lowest BCUT2D eigenvalue weighted by molar-refractivity contribution is 0.103. The van der Waals surface area contributed by atoms with Gasteiger partial charge in [-0.25, -0.2) is 4.98 Å². The summed E-state index contributed by atoms with van der Waals surface area (Å²) in [4.78, 5) is 17.1. The van der Waals surface area contributed by atoms with Crippen LogP contribution in [-0.4, -0.2) is 17.5 Å². The molecule has 1 aromatic heterocycles. The average Bonchev–Trinajstić information content (AvgIpc) is 2.77. The monoisotopic (exact) mass is 304 g/mol. The molecule has 0 aliphatic heterocycles. The number of ether oxygens (including phenoxy) is 1. The second kappa shape index (κ2) is 6.72. The largest absolute Gasteiger partial charge is 0.493 e. The zero-order valence-electron chi connectivity index (χ0n) is 12.8. The van der Waals surface area contributed by atoms with E-state index in [1.165, 1.54) is 11.3 Å². The highest BCUT2D eigenvalue weighted by Crippen LogP contribution is 2.21. The molecule has 0 radical (unpaired) electrons. The molecule has 1 heterocycles. The Hall–Kier alpha value is -1.88. The summed E-state index contributed by atoms with van der Waals surface area (Å²) in [6.07, 6.45) is 0. The summed E-state index contributed by atoms with van der Waals surface area (Å²) in [7, 11) is 0. The number of aromatic nitrogens is 1. The minimum atomic E-state index is -0.117. The van der Waals surface area contributed by atoms with E-state index in [0.29, 0.717) is 17.4 Å². The van der Waals surface area contributed by atoms with E-state index in [4.69, 9.17) is 4.74 Å². The number of anilines is 1. The molecule has 4 nitrogen and oxygen atoms in total. The first-order chi connectivity index (χ1) is 9.95. The molecule has 2 aromatic rings. The van der Waals surface area contributed by atoms with Crippen LogP contribution in [0.25, 0.3) is 0 Å². The molecule has 21 heavy (non-hydrogen) atoms. The van der Waals surface area contributed by atoms with E-state index in [9.17, 15) is 4.79 Å². The first kappa shape index (κ1) is 15.5. The van der Waals surface area contributed by atoms with E-state index in [-0.39, 0.29) is 5.91 Å². The van der Waals surface area contributed by atoms with E-state index < -0.39 is 0 Å². The predicted molar refractivity (Wildman–Crippen MR) is 86.3 cm³/mol. The lowest BCUT2D eigenvalue weighted by Crippen LogP contribution is -2.11. The third-order valence-corrected chi connectivity index (χ3v) is 3.88. The fraction of sp³-hybridized carbons (Fsp3) is 0.375. The van der Waals surface area contributed by atoms with Gasteiger partial charge in [0.05, 0.1) is 17.3 Å². The molecular weight excluding hydrogens is 284 g/mol. The molecule has 112 valence electrons. The molecule has 2 rings (SSSR count). The van der Waals surface area contributed by atoms with Gasteiger partial charge in [-0.05, 0) is 44.0 Å². The maximum absolute atomic E-state index is 12.2. The van der Waals surface area contributed by atoms with Gasteiger partial charge in [-0.1, -0.05) is 13.8 Å². The summed E-state index contributed by atoms with van der Waals surface area (Å²) in [6.45, 7) is 8.64. The highest BCUT2D eigenvalue weighted by molar-refractivity contribution is 7.13. The molecular formula is C16H20N2O2S. The maximum atomic E-state index is 12.2. The number of rotatable bonds is 5. The molecule has 0 saturated heterocycles. The molecule has 0 saturated carbocycles. The fourth-order valence-corrected chi connectivity index (χ4v) is 2.64. The van der Waals surface area contributed by atoms with Crippen LogP contribution in [0.15, 0.2) is 24.3 Å². The van der Waals surface area contributed by atoms with Crippen molar-refractivity contribution in [1.82, 2.24) is 4.98 Å². The van der Waals surface area contributed by atoms with Crippen molar-refractivity contribution in [2.75, 3.05) is 11.9 Å². The molecule has 1 N–H and O–H groups in total. The molecule has 1 aromatic carbocycles. The molecule has 0 aliphatic rings. The van der Waals surface area contributed by atoms with Gasteiger partial charge in [-0.15, -0.1) is 11.3 Å². The van der Waals surface area contributed by atoms with Crippen molar-refractivity contribution in [2.24, 2.45) is 5.92 Å².